The molecule has 0 spiro atoms. The summed E-state index contributed by atoms with van der Waals surface area (Å²) in [6, 6.07) is 9.21. The Kier molecular flexibility index (Phi) is 5.46. The normalized spacial score (nSPS) is 10.7. The molecule has 0 aliphatic heterocycles. The quantitative estimate of drug-likeness (QED) is 0.478. The number of anilines is 1. The lowest BCUT2D eigenvalue weighted by Crippen LogP contribution is -2.33. The van der Waals surface area contributed by atoms with Gasteiger partial charge in [0.25, 0.3) is 5.91 Å². The van der Waals surface area contributed by atoms with Crippen LogP contribution < -0.4 is 10.6 Å². The summed E-state index contributed by atoms with van der Waals surface area (Å²) in [5.41, 5.74) is 0.450. The standard InChI is InChI=1S/C16H8Cl3FN2OS2/c17-7-1-3-9-12(5-7)25-14(13(9)19)15(23)22-16(24)21-8-2-4-11(20)10(18)6-8/h1-6H,(H2,21,22,23,24). The van der Waals surface area contributed by atoms with E-state index in [4.69, 9.17) is 47.0 Å². The zero-order valence-corrected chi connectivity index (χ0v) is 16.1. The number of hydrogen-bond acceptors (Lipinski definition) is 3. The first kappa shape index (κ1) is 18.4. The Morgan fingerprint density at radius 2 is 1.88 bits per heavy atom. The third-order valence-corrected chi connectivity index (χ3v) is 5.59. The number of rotatable bonds is 2. The van der Waals surface area contributed by atoms with Crippen LogP contribution in [0.3, 0.4) is 0 Å². The topological polar surface area (TPSA) is 41.1 Å². The van der Waals surface area contributed by atoms with Gasteiger partial charge in [-0.2, -0.15) is 0 Å². The lowest BCUT2D eigenvalue weighted by molar-refractivity contribution is 0.0982. The molecule has 3 nitrogen and oxygen atoms in total. The molecule has 25 heavy (non-hydrogen) atoms. The number of thiocarbonyl (C=S) groups is 1. The van der Waals surface area contributed by atoms with Gasteiger partial charge in [-0.25, -0.2) is 4.39 Å². The summed E-state index contributed by atoms with van der Waals surface area (Å²) in [5, 5.41) is 6.92. The zero-order valence-electron chi connectivity index (χ0n) is 12.2. The highest BCUT2D eigenvalue weighted by Gasteiger charge is 2.18. The summed E-state index contributed by atoms with van der Waals surface area (Å²) in [7, 11) is 0. The van der Waals surface area contributed by atoms with Gasteiger partial charge in [-0.15, -0.1) is 11.3 Å². The van der Waals surface area contributed by atoms with E-state index in [9.17, 15) is 9.18 Å². The van der Waals surface area contributed by atoms with Crippen LogP contribution in [0.5, 0.6) is 0 Å². The van der Waals surface area contributed by atoms with Gasteiger partial charge < -0.3 is 5.32 Å². The number of halogens is 4. The molecule has 0 fully saturated rings. The van der Waals surface area contributed by atoms with E-state index in [0.717, 1.165) is 10.1 Å². The van der Waals surface area contributed by atoms with E-state index in [-0.39, 0.29) is 10.1 Å². The summed E-state index contributed by atoms with van der Waals surface area (Å²) in [4.78, 5) is 12.7. The Bertz CT molecular complexity index is 1010. The van der Waals surface area contributed by atoms with Crippen molar-refractivity contribution in [3.63, 3.8) is 0 Å². The minimum Gasteiger partial charge on any atom is -0.332 e. The highest BCUT2D eigenvalue weighted by atomic mass is 35.5. The van der Waals surface area contributed by atoms with Gasteiger partial charge in [0.1, 0.15) is 10.7 Å². The van der Waals surface area contributed by atoms with Crippen molar-refractivity contribution in [2.24, 2.45) is 0 Å². The van der Waals surface area contributed by atoms with Gasteiger partial charge in [-0.1, -0.05) is 40.9 Å². The molecule has 3 rings (SSSR count). The number of benzene rings is 2. The fraction of sp³-hybridized carbons (Fsp3) is 0. The predicted molar refractivity (Wildman–Crippen MR) is 107 cm³/mol. The summed E-state index contributed by atoms with van der Waals surface area (Å²) in [5.74, 6) is -0.995. The molecular weight excluding hydrogens is 426 g/mol. The van der Waals surface area contributed by atoms with Gasteiger partial charge in [0.2, 0.25) is 0 Å². The van der Waals surface area contributed by atoms with Gasteiger partial charge in [-0.3, -0.25) is 10.1 Å². The predicted octanol–water partition coefficient (Wildman–Crippen LogP) is 6.13. The molecule has 0 aliphatic rings. The molecular formula is C16H8Cl3FN2OS2. The molecule has 0 saturated heterocycles. The highest BCUT2D eigenvalue weighted by Crippen LogP contribution is 2.36. The molecule has 3 aromatic rings. The van der Waals surface area contributed by atoms with E-state index in [1.54, 1.807) is 18.2 Å². The summed E-state index contributed by atoms with van der Waals surface area (Å²) >= 11 is 24.2. The molecule has 0 aliphatic carbocycles. The minimum absolute atomic E-state index is 0.0410. The maximum Gasteiger partial charge on any atom is 0.269 e. The molecule has 0 radical (unpaired) electrons. The van der Waals surface area contributed by atoms with E-state index in [0.29, 0.717) is 20.6 Å². The van der Waals surface area contributed by atoms with Crippen molar-refractivity contribution >= 4 is 85.2 Å². The lowest BCUT2D eigenvalue weighted by atomic mass is 10.2. The lowest BCUT2D eigenvalue weighted by Gasteiger charge is -2.09. The van der Waals surface area contributed by atoms with Crippen molar-refractivity contribution in [3.05, 3.63) is 62.2 Å². The van der Waals surface area contributed by atoms with Crippen LogP contribution in [-0.4, -0.2) is 11.0 Å². The second-order valence-electron chi connectivity index (χ2n) is 4.92. The van der Waals surface area contributed by atoms with Crippen molar-refractivity contribution in [1.29, 1.82) is 0 Å². The average molecular weight is 434 g/mol. The Hall–Kier alpha value is -1.44. The summed E-state index contributed by atoms with van der Waals surface area (Å²) < 4.78 is 14.0. The van der Waals surface area contributed by atoms with Crippen molar-refractivity contribution in [2.45, 2.75) is 0 Å². The van der Waals surface area contributed by atoms with Crippen LogP contribution in [0.2, 0.25) is 15.1 Å². The molecule has 0 saturated carbocycles. The molecule has 2 aromatic carbocycles. The Labute approximate surface area is 166 Å². The number of carbonyl (C=O) groups excluding carboxylic acids is 1. The maximum atomic E-state index is 13.2. The minimum atomic E-state index is -0.544. The third kappa shape index (κ3) is 4.04. The maximum absolute atomic E-state index is 13.2. The number of amides is 1. The van der Waals surface area contributed by atoms with Gasteiger partial charge in [0.05, 0.1) is 10.0 Å². The highest BCUT2D eigenvalue weighted by molar-refractivity contribution is 7.80. The number of fused-ring (bicyclic) bond motifs is 1. The second-order valence-corrected chi connectivity index (χ2v) is 7.60. The molecule has 9 heteroatoms. The van der Waals surface area contributed by atoms with E-state index in [1.807, 2.05) is 0 Å². The van der Waals surface area contributed by atoms with Crippen LogP contribution in [0.4, 0.5) is 10.1 Å². The number of nitrogens with one attached hydrogen (secondary N) is 2. The van der Waals surface area contributed by atoms with E-state index in [1.165, 1.54) is 29.5 Å². The van der Waals surface area contributed by atoms with E-state index in [2.05, 4.69) is 10.6 Å². The van der Waals surface area contributed by atoms with Crippen molar-refractivity contribution < 1.29 is 9.18 Å². The molecule has 0 unspecified atom stereocenters. The summed E-state index contributed by atoms with van der Waals surface area (Å²) in [6.45, 7) is 0. The fourth-order valence-corrected chi connectivity index (χ4v) is 4.16. The number of carbonyl (C=O) groups is 1. The third-order valence-electron chi connectivity index (χ3n) is 3.20. The van der Waals surface area contributed by atoms with Crippen LogP contribution in [0, 0.1) is 5.82 Å². The Morgan fingerprint density at radius 3 is 2.60 bits per heavy atom. The van der Waals surface area contributed by atoms with E-state index < -0.39 is 11.7 Å². The van der Waals surface area contributed by atoms with Crippen LogP contribution >= 0.6 is 58.4 Å². The van der Waals surface area contributed by atoms with Crippen LogP contribution in [-0.2, 0) is 0 Å². The summed E-state index contributed by atoms with van der Waals surface area (Å²) in [6.07, 6.45) is 0. The van der Waals surface area contributed by atoms with E-state index >= 15 is 0 Å². The zero-order chi connectivity index (χ0) is 18.1. The molecule has 2 N–H and O–H groups in total. The van der Waals surface area contributed by atoms with Crippen LogP contribution in [0.25, 0.3) is 10.1 Å². The average Bonchev–Trinajstić information content (AvgIpc) is 2.87. The van der Waals surface area contributed by atoms with Gasteiger partial charge >= 0.3 is 0 Å². The van der Waals surface area contributed by atoms with Crippen molar-refractivity contribution in [3.8, 4) is 0 Å². The van der Waals surface area contributed by atoms with Crippen molar-refractivity contribution in [1.82, 2.24) is 5.32 Å². The second kappa shape index (κ2) is 7.43. The first-order chi connectivity index (χ1) is 11.8. The van der Waals surface area contributed by atoms with Crippen LogP contribution in [0.15, 0.2) is 36.4 Å². The molecule has 1 aromatic heterocycles. The number of thiophene rings is 1. The fourth-order valence-electron chi connectivity index (χ4n) is 2.08. The molecule has 0 atom stereocenters. The molecule has 1 amide bonds. The van der Waals surface area contributed by atoms with Gasteiger partial charge in [-0.05, 0) is 42.5 Å². The van der Waals surface area contributed by atoms with Crippen LogP contribution in [0.1, 0.15) is 9.67 Å². The monoisotopic (exact) mass is 432 g/mol. The number of hydrogen-bond donors (Lipinski definition) is 2. The largest absolute Gasteiger partial charge is 0.332 e. The Morgan fingerprint density at radius 1 is 1.12 bits per heavy atom. The smallest absolute Gasteiger partial charge is 0.269 e. The molecule has 1 heterocycles. The first-order valence-corrected chi connectivity index (χ1v) is 9.16. The first-order valence-electron chi connectivity index (χ1n) is 6.80. The van der Waals surface area contributed by atoms with Gasteiger partial charge in [0, 0.05) is 20.8 Å². The SMILES string of the molecule is O=C(NC(=S)Nc1ccc(F)c(Cl)c1)c1sc2cc(Cl)ccc2c1Cl. The molecule has 128 valence electrons. The van der Waals surface area contributed by atoms with Gasteiger partial charge in [0.15, 0.2) is 5.11 Å². The van der Waals surface area contributed by atoms with Crippen molar-refractivity contribution in [2.75, 3.05) is 5.32 Å². The Balaban J connectivity index is 1.76. The molecule has 0 bridgehead atoms.